The number of nitrogens with one attached hydrogen (secondary N) is 2. The highest BCUT2D eigenvalue weighted by Gasteiger charge is 2.28. The van der Waals surface area contributed by atoms with E-state index in [0.29, 0.717) is 43.2 Å². The third-order valence-corrected chi connectivity index (χ3v) is 7.87. The van der Waals surface area contributed by atoms with Gasteiger partial charge >= 0.3 is 0 Å². The van der Waals surface area contributed by atoms with Crippen molar-refractivity contribution in [2.75, 3.05) is 31.7 Å². The molecule has 0 radical (unpaired) electrons. The number of piperidine rings is 1. The Bertz CT molecular complexity index is 1190. The fraction of sp³-hybridized carbons (Fsp3) is 0.500. The van der Waals surface area contributed by atoms with Crippen LogP contribution in [0.2, 0.25) is 0 Å². The molecule has 1 aliphatic carbocycles. The number of anilines is 1. The maximum atomic E-state index is 12.9. The first-order valence-corrected chi connectivity index (χ1v) is 13.6. The lowest BCUT2D eigenvalue weighted by Crippen LogP contribution is -2.39. The number of hydrogen-bond acceptors (Lipinski definition) is 8. The Balaban J connectivity index is 1.05. The summed E-state index contributed by atoms with van der Waals surface area (Å²) in [5.74, 6) is 0.852. The molecule has 0 saturated carbocycles. The fourth-order valence-corrected chi connectivity index (χ4v) is 5.57. The number of nitrogens with zero attached hydrogens (tertiary/aromatic N) is 3. The summed E-state index contributed by atoms with van der Waals surface area (Å²) in [6.07, 6.45) is 10.1. The Morgan fingerprint density at radius 3 is 2.68 bits per heavy atom. The van der Waals surface area contributed by atoms with Crippen LogP contribution in [0.25, 0.3) is 0 Å². The summed E-state index contributed by atoms with van der Waals surface area (Å²) in [6, 6.07) is 5.10. The predicted molar refractivity (Wildman–Crippen MR) is 138 cm³/mol. The first-order valence-electron chi connectivity index (χ1n) is 12.8. The molecule has 5 rings (SSSR count). The summed E-state index contributed by atoms with van der Waals surface area (Å²) in [7, 11) is 0. The molecule has 1 fully saturated rings. The maximum absolute atomic E-state index is 12.9. The van der Waals surface area contributed by atoms with Crippen molar-refractivity contribution in [2.24, 2.45) is 5.92 Å². The number of carbonyl (C=O) groups is 3. The number of likely N-dealkylation sites (tertiary alicyclic amines) is 1. The molecule has 196 valence electrons. The zero-order chi connectivity index (χ0) is 25.6. The smallest absolute Gasteiger partial charge is 0.286 e. The molecular weight excluding hydrogens is 494 g/mol. The van der Waals surface area contributed by atoms with Gasteiger partial charge in [-0.3, -0.25) is 14.4 Å². The maximum Gasteiger partial charge on any atom is 0.286 e. The molecule has 0 atom stereocenters. The van der Waals surface area contributed by atoms with Crippen LogP contribution in [0.15, 0.2) is 29.8 Å². The second-order valence-corrected chi connectivity index (χ2v) is 10.6. The predicted octanol–water partition coefficient (Wildman–Crippen LogP) is 3.77. The number of rotatable bonds is 8. The van der Waals surface area contributed by atoms with Crippen LogP contribution in [0.1, 0.15) is 71.0 Å². The van der Waals surface area contributed by atoms with Gasteiger partial charge in [0.05, 0.1) is 0 Å². The standard InChI is InChI=1S/C26H31N5O5S/c32-22(27-11-8-17-4-2-1-3-5-17)14-18-9-12-31(13-10-18)26(34)25-30-29-24(37-25)23(33)28-19-6-7-20-21(15-19)36-16-35-20/h4,6-7,15,18H,1-3,5,8-14,16H2,(H,27,32)(H,28,33). The summed E-state index contributed by atoms with van der Waals surface area (Å²) in [5, 5.41) is 14.0. The average Bonchev–Trinajstić information content (AvgIpc) is 3.59. The van der Waals surface area contributed by atoms with Gasteiger partial charge in [0, 0.05) is 37.8 Å². The van der Waals surface area contributed by atoms with Crippen LogP contribution in [0.3, 0.4) is 0 Å². The van der Waals surface area contributed by atoms with Crippen molar-refractivity contribution in [2.45, 2.75) is 51.4 Å². The molecule has 1 aromatic heterocycles. The fourth-order valence-electron chi connectivity index (χ4n) is 4.86. The lowest BCUT2D eigenvalue weighted by atomic mass is 9.93. The first-order chi connectivity index (χ1) is 18.0. The van der Waals surface area contributed by atoms with Crippen LogP contribution in [-0.2, 0) is 4.79 Å². The van der Waals surface area contributed by atoms with Gasteiger partial charge in [0.1, 0.15) is 0 Å². The number of ether oxygens (including phenoxy) is 2. The van der Waals surface area contributed by atoms with Crippen molar-refractivity contribution in [3.05, 3.63) is 39.9 Å². The summed E-state index contributed by atoms with van der Waals surface area (Å²) < 4.78 is 10.6. The molecule has 10 nitrogen and oxygen atoms in total. The zero-order valence-corrected chi connectivity index (χ0v) is 21.5. The Labute approximate surface area is 219 Å². The van der Waals surface area contributed by atoms with Crippen LogP contribution in [-0.4, -0.2) is 59.2 Å². The van der Waals surface area contributed by atoms with E-state index < -0.39 is 5.91 Å². The number of hydrogen-bond donors (Lipinski definition) is 2. The number of aromatic nitrogens is 2. The highest BCUT2D eigenvalue weighted by atomic mass is 32.1. The largest absolute Gasteiger partial charge is 0.454 e. The Hall–Kier alpha value is -3.47. The molecular formula is C26H31N5O5S. The normalized spacial score (nSPS) is 17.3. The molecule has 2 N–H and O–H groups in total. The van der Waals surface area contributed by atoms with Crippen LogP contribution in [0.5, 0.6) is 11.5 Å². The SMILES string of the molecule is O=C(CC1CCN(C(=O)c2nnc(C(=O)Nc3ccc4c(c3)OCO4)s2)CC1)NCCC1=CCCCC1. The van der Waals surface area contributed by atoms with Gasteiger partial charge in [0.2, 0.25) is 22.7 Å². The van der Waals surface area contributed by atoms with Gasteiger partial charge in [-0.05, 0) is 63.0 Å². The van der Waals surface area contributed by atoms with Gasteiger partial charge in [-0.1, -0.05) is 23.0 Å². The quantitative estimate of drug-likeness (QED) is 0.503. The summed E-state index contributed by atoms with van der Waals surface area (Å²) >= 11 is 0.970. The van der Waals surface area contributed by atoms with Crippen LogP contribution in [0, 0.1) is 5.92 Å². The van der Waals surface area contributed by atoms with Crippen molar-refractivity contribution in [1.29, 1.82) is 0 Å². The molecule has 3 heterocycles. The molecule has 37 heavy (non-hydrogen) atoms. The Kier molecular flexibility index (Phi) is 7.98. The van der Waals surface area contributed by atoms with E-state index in [2.05, 4.69) is 26.9 Å². The van der Waals surface area contributed by atoms with E-state index in [9.17, 15) is 14.4 Å². The number of benzene rings is 1. The molecule has 2 aromatic rings. The topological polar surface area (TPSA) is 123 Å². The number of carbonyl (C=O) groups excluding carboxylic acids is 3. The molecule has 3 amide bonds. The van der Waals surface area contributed by atoms with E-state index >= 15 is 0 Å². The highest BCUT2D eigenvalue weighted by Crippen LogP contribution is 2.34. The molecule has 1 saturated heterocycles. The van der Waals surface area contributed by atoms with E-state index in [4.69, 9.17) is 9.47 Å². The van der Waals surface area contributed by atoms with Crippen LogP contribution in [0.4, 0.5) is 5.69 Å². The molecule has 3 aliphatic rings. The average molecular weight is 526 g/mol. The molecule has 2 aliphatic heterocycles. The van der Waals surface area contributed by atoms with Gasteiger partial charge in [-0.25, -0.2) is 0 Å². The van der Waals surface area contributed by atoms with E-state index in [-0.39, 0.29) is 34.5 Å². The summed E-state index contributed by atoms with van der Waals surface area (Å²) in [5.41, 5.74) is 2.00. The third-order valence-electron chi connectivity index (χ3n) is 6.96. The van der Waals surface area contributed by atoms with Crippen molar-refractivity contribution in [3.63, 3.8) is 0 Å². The molecule has 11 heteroatoms. The van der Waals surface area contributed by atoms with Crippen LogP contribution < -0.4 is 20.1 Å². The highest BCUT2D eigenvalue weighted by molar-refractivity contribution is 7.15. The van der Waals surface area contributed by atoms with Gasteiger partial charge in [0.25, 0.3) is 11.8 Å². The van der Waals surface area contributed by atoms with Crippen molar-refractivity contribution in [1.82, 2.24) is 20.4 Å². The Morgan fingerprint density at radius 2 is 1.86 bits per heavy atom. The van der Waals surface area contributed by atoms with E-state index in [1.54, 1.807) is 23.1 Å². The lowest BCUT2D eigenvalue weighted by Gasteiger charge is -2.31. The first kappa shape index (κ1) is 25.2. The van der Waals surface area contributed by atoms with Gasteiger partial charge < -0.3 is 25.0 Å². The second-order valence-electron chi connectivity index (χ2n) is 9.58. The minimum Gasteiger partial charge on any atom is -0.454 e. The van der Waals surface area contributed by atoms with Gasteiger partial charge in [-0.15, -0.1) is 10.2 Å². The molecule has 0 bridgehead atoms. The zero-order valence-electron chi connectivity index (χ0n) is 20.7. The van der Waals surface area contributed by atoms with E-state index in [1.165, 1.54) is 18.4 Å². The molecule has 0 unspecified atom stereocenters. The minimum absolute atomic E-state index is 0.0865. The van der Waals surface area contributed by atoms with Crippen molar-refractivity contribution < 1.29 is 23.9 Å². The van der Waals surface area contributed by atoms with E-state index in [0.717, 1.165) is 43.4 Å². The van der Waals surface area contributed by atoms with Crippen LogP contribution >= 0.6 is 11.3 Å². The Morgan fingerprint density at radius 1 is 1.05 bits per heavy atom. The summed E-state index contributed by atoms with van der Waals surface area (Å²) in [4.78, 5) is 39.6. The third kappa shape index (κ3) is 6.46. The number of fused-ring (bicyclic) bond motifs is 1. The summed E-state index contributed by atoms with van der Waals surface area (Å²) in [6.45, 7) is 1.96. The number of amides is 3. The monoisotopic (exact) mass is 525 g/mol. The minimum atomic E-state index is -0.445. The second kappa shape index (κ2) is 11.7. The molecule has 0 spiro atoms. The molecule has 1 aromatic carbocycles. The van der Waals surface area contributed by atoms with Gasteiger partial charge in [-0.2, -0.15) is 0 Å². The van der Waals surface area contributed by atoms with Gasteiger partial charge in [0.15, 0.2) is 11.5 Å². The van der Waals surface area contributed by atoms with Crippen molar-refractivity contribution >= 4 is 34.7 Å². The van der Waals surface area contributed by atoms with Crippen molar-refractivity contribution in [3.8, 4) is 11.5 Å². The lowest BCUT2D eigenvalue weighted by molar-refractivity contribution is -0.122. The van der Waals surface area contributed by atoms with E-state index in [1.807, 2.05) is 0 Å². The number of allylic oxidation sites excluding steroid dienone is 1.